The summed E-state index contributed by atoms with van der Waals surface area (Å²) in [4.78, 5) is 23.4. The standard InChI is InChI=1S/C14H8O8S2.2Na.H2O/c15-13-9-3-1-7(23(17,18)19)5-11(9)14(16)12-6-8(24(20,21)22)2-4-10(12)13;;;/h1-6H,(H,17,18,19)(H,20,21,22);;;1H2/q;2*+1;/p-2. The van der Waals surface area contributed by atoms with E-state index in [4.69, 9.17) is 0 Å². The largest absolute Gasteiger partial charge is 1.00 e. The molecule has 0 spiro atoms. The Kier molecular flexibility index (Phi) is 8.78. The van der Waals surface area contributed by atoms with E-state index >= 15 is 0 Å². The molecule has 0 saturated heterocycles. The van der Waals surface area contributed by atoms with Crippen LogP contribution in [0.1, 0.15) is 31.8 Å². The maximum Gasteiger partial charge on any atom is 1.00 e. The van der Waals surface area contributed by atoms with E-state index in [-0.39, 0.29) is 86.8 Å². The first-order valence-corrected chi connectivity index (χ1v) is 9.11. The molecule has 2 N–H and O–H groups in total. The number of hydrogen-bond donors (Lipinski definition) is 0. The first-order valence-electron chi connectivity index (χ1n) is 6.29. The summed E-state index contributed by atoms with van der Waals surface area (Å²) in [6, 6.07) is 5.43. The Morgan fingerprint density at radius 3 is 1.19 bits per heavy atom. The predicted molar refractivity (Wildman–Crippen MR) is 79.3 cm³/mol. The number of fused-ring (bicyclic) bond motifs is 2. The Morgan fingerprint density at radius 1 is 0.593 bits per heavy atom. The molecule has 0 unspecified atom stereocenters. The van der Waals surface area contributed by atoms with Crippen molar-refractivity contribution < 1.29 is 100 Å². The molecule has 27 heavy (non-hydrogen) atoms. The quantitative estimate of drug-likeness (QED) is 0.284. The zero-order valence-corrected chi connectivity index (χ0v) is 19.7. The van der Waals surface area contributed by atoms with Gasteiger partial charge < -0.3 is 14.6 Å². The Morgan fingerprint density at radius 2 is 0.889 bits per heavy atom. The van der Waals surface area contributed by atoms with Crippen LogP contribution in [0.3, 0.4) is 0 Å². The van der Waals surface area contributed by atoms with E-state index in [1.54, 1.807) is 0 Å². The van der Waals surface area contributed by atoms with Crippen molar-refractivity contribution in [1.29, 1.82) is 0 Å². The Bertz CT molecular complexity index is 1050. The first-order chi connectivity index (χ1) is 11.0. The summed E-state index contributed by atoms with van der Waals surface area (Å²) in [7, 11) is -9.69. The van der Waals surface area contributed by atoms with E-state index in [2.05, 4.69) is 0 Å². The minimum absolute atomic E-state index is 0. The summed E-state index contributed by atoms with van der Waals surface area (Å²) >= 11 is 0. The molecule has 0 saturated carbocycles. The van der Waals surface area contributed by atoms with Crippen LogP contribution in [0.15, 0.2) is 46.2 Å². The Balaban J connectivity index is 0.00000225. The smallest absolute Gasteiger partial charge is 0.744 e. The van der Waals surface area contributed by atoms with Crippen molar-refractivity contribution in [2.75, 3.05) is 0 Å². The van der Waals surface area contributed by atoms with E-state index in [1.165, 1.54) is 0 Å². The van der Waals surface area contributed by atoms with Gasteiger partial charge in [0.2, 0.25) is 0 Å². The van der Waals surface area contributed by atoms with E-state index < -0.39 is 41.6 Å². The van der Waals surface area contributed by atoms with Gasteiger partial charge in [-0.15, -0.1) is 0 Å². The van der Waals surface area contributed by atoms with E-state index in [0.717, 1.165) is 36.4 Å². The topological polar surface area (TPSA) is 180 Å². The molecular weight excluding hydrogens is 422 g/mol. The van der Waals surface area contributed by atoms with Gasteiger partial charge in [-0.1, -0.05) is 0 Å². The van der Waals surface area contributed by atoms with Gasteiger partial charge in [0.05, 0.1) is 9.79 Å². The van der Waals surface area contributed by atoms with Crippen molar-refractivity contribution in [1.82, 2.24) is 0 Å². The molecule has 0 bridgehead atoms. The maximum atomic E-state index is 12.5. The minimum Gasteiger partial charge on any atom is -0.744 e. The van der Waals surface area contributed by atoms with Gasteiger partial charge in [0, 0.05) is 22.3 Å². The fraction of sp³-hybridized carbons (Fsp3) is 0. The van der Waals surface area contributed by atoms with Crippen LogP contribution in [0.2, 0.25) is 0 Å². The molecule has 9 nitrogen and oxygen atoms in total. The van der Waals surface area contributed by atoms with Crippen LogP contribution < -0.4 is 59.1 Å². The third-order valence-electron chi connectivity index (χ3n) is 3.54. The number of hydrogen-bond acceptors (Lipinski definition) is 8. The number of ketones is 2. The van der Waals surface area contributed by atoms with Crippen LogP contribution in [0.4, 0.5) is 0 Å². The third-order valence-corrected chi connectivity index (χ3v) is 5.20. The predicted octanol–water partition coefficient (Wildman–Crippen LogP) is -6.55. The van der Waals surface area contributed by atoms with Gasteiger partial charge in [0.25, 0.3) is 0 Å². The summed E-state index contributed by atoms with van der Waals surface area (Å²) in [5, 5.41) is 0. The van der Waals surface area contributed by atoms with Crippen LogP contribution in [0, 0.1) is 0 Å². The molecule has 1 aliphatic carbocycles. The molecule has 1 aliphatic rings. The molecule has 0 radical (unpaired) electrons. The zero-order chi connectivity index (χ0) is 17.9. The number of rotatable bonds is 2. The molecule has 0 aromatic heterocycles. The summed E-state index contributed by atoms with van der Waals surface area (Å²) in [5.41, 5.74) is -0.912. The molecule has 0 heterocycles. The van der Waals surface area contributed by atoms with Crippen LogP contribution >= 0.6 is 0 Å². The molecular formula is C14H8Na2O9S2. The fourth-order valence-corrected chi connectivity index (χ4v) is 3.41. The maximum absolute atomic E-state index is 12.5. The molecule has 13 heteroatoms. The van der Waals surface area contributed by atoms with Gasteiger partial charge >= 0.3 is 59.1 Å². The van der Waals surface area contributed by atoms with Crippen molar-refractivity contribution in [2.45, 2.75) is 9.79 Å². The normalized spacial score (nSPS) is 12.7. The summed E-state index contributed by atoms with van der Waals surface area (Å²) in [6.45, 7) is 0. The average molecular weight is 430 g/mol. The van der Waals surface area contributed by atoms with Gasteiger partial charge in [-0.25, -0.2) is 16.8 Å². The Labute approximate surface area is 198 Å². The second-order valence-corrected chi connectivity index (χ2v) is 7.74. The second kappa shape index (κ2) is 8.93. The van der Waals surface area contributed by atoms with Crippen LogP contribution in [-0.4, -0.2) is 43.0 Å². The van der Waals surface area contributed by atoms with Gasteiger partial charge in [-0.3, -0.25) is 9.59 Å². The second-order valence-electron chi connectivity index (χ2n) is 4.98. The van der Waals surface area contributed by atoms with Gasteiger partial charge in [0.1, 0.15) is 20.2 Å². The van der Waals surface area contributed by atoms with Gasteiger partial charge in [-0.05, 0) is 36.4 Å². The van der Waals surface area contributed by atoms with Crippen molar-refractivity contribution >= 4 is 31.8 Å². The van der Waals surface area contributed by atoms with Crippen LogP contribution in [0.25, 0.3) is 0 Å². The molecule has 0 aliphatic heterocycles. The van der Waals surface area contributed by atoms with E-state index in [9.17, 15) is 35.5 Å². The van der Waals surface area contributed by atoms with Crippen molar-refractivity contribution in [3.8, 4) is 0 Å². The van der Waals surface area contributed by atoms with Gasteiger partial charge in [-0.2, -0.15) is 0 Å². The molecule has 2 aromatic carbocycles. The number of carbonyl (C=O) groups excluding carboxylic acids is 2. The molecule has 0 atom stereocenters. The third kappa shape index (κ3) is 4.95. The molecule has 3 rings (SSSR count). The van der Waals surface area contributed by atoms with Crippen molar-refractivity contribution in [2.24, 2.45) is 0 Å². The first kappa shape index (κ1) is 26.6. The molecule has 2 aromatic rings. The monoisotopic (exact) mass is 430 g/mol. The van der Waals surface area contributed by atoms with Gasteiger partial charge in [0.15, 0.2) is 11.6 Å². The summed E-state index contributed by atoms with van der Waals surface area (Å²) in [5.74, 6) is -1.50. The molecule has 132 valence electrons. The summed E-state index contributed by atoms with van der Waals surface area (Å²) in [6.07, 6.45) is 0. The Hall–Kier alpha value is -0.440. The van der Waals surface area contributed by atoms with Crippen LogP contribution in [0.5, 0.6) is 0 Å². The van der Waals surface area contributed by atoms with Crippen molar-refractivity contribution in [3.05, 3.63) is 58.7 Å². The molecule has 0 amide bonds. The average Bonchev–Trinajstić information content (AvgIpc) is 2.49. The fourth-order valence-electron chi connectivity index (χ4n) is 2.42. The van der Waals surface area contributed by atoms with E-state index in [0.29, 0.717) is 0 Å². The molecule has 0 fully saturated rings. The van der Waals surface area contributed by atoms with E-state index in [1.807, 2.05) is 0 Å². The van der Waals surface area contributed by atoms with Crippen molar-refractivity contribution in [3.63, 3.8) is 0 Å². The summed E-state index contributed by atoms with van der Waals surface area (Å²) < 4.78 is 66.4. The minimum atomic E-state index is -4.85. The number of carbonyl (C=O) groups is 2. The number of benzene rings is 2. The van der Waals surface area contributed by atoms with Crippen LogP contribution in [-0.2, 0) is 20.2 Å². The SMILES string of the molecule is O.O=C1c2ccc(S(=O)(=O)[O-])cc2C(=O)c2cc(S(=O)(=O)[O-])ccc21.[Na+].[Na+]. The zero-order valence-electron chi connectivity index (χ0n) is 14.0.